The summed E-state index contributed by atoms with van der Waals surface area (Å²) < 4.78 is 0. The number of hydrogen-bond acceptors (Lipinski definition) is 6. The second-order valence-electron chi connectivity index (χ2n) is 4.49. The molecule has 6 N–H and O–H groups in total. The van der Waals surface area contributed by atoms with Gasteiger partial charge in [-0.05, 0) is 19.4 Å². The molecule has 0 radical (unpaired) electrons. The highest BCUT2D eigenvalue weighted by Gasteiger charge is 2.18. The Labute approximate surface area is 116 Å². The lowest BCUT2D eigenvalue weighted by Gasteiger charge is -2.23. The van der Waals surface area contributed by atoms with E-state index in [2.05, 4.69) is 20.6 Å². The molecule has 1 amide bonds. The van der Waals surface area contributed by atoms with Crippen molar-refractivity contribution in [2.24, 2.45) is 0 Å². The average Bonchev–Trinajstić information content (AvgIpc) is 2.41. The van der Waals surface area contributed by atoms with E-state index in [1.807, 2.05) is 0 Å². The Bertz CT molecular complexity index is 474. The highest BCUT2D eigenvalue weighted by atomic mass is 35.5. The summed E-state index contributed by atoms with van der Waals surface area (Å²) in [5.41, 5.74) is 11.1. The molecule has 0 spiro atoms. The Kier molecular flexibility index (Phi) is 4.39. The maximum atomic E-state index is 12.0. The first-order chi connectivity index (χ1) is 9.08. The molecule has 0 bridgehead atoms. The van der Waals surface area contributed by atoms with E-state index in [0.717, 1.165) is 13.0 Å². The molecule has 8 heteroatoms. The van der Waals surface area contributed by atoms with E-state index in [1.165, 1.54) is 12.8 Å². The van der Waals surface area contributed by atoms with Gasteiger partial charge in [0.05, 0.1) is 0 Å². The summed E-state index contributed by atoms with van der Waals surface area (Å²) in [7, 11) is 0. The third kappa shape index (κ3) is 3.45. The minimum Gasteiger partial charge on any atom is -0.382 e. The lowest BCUT2D eigenvalue weighted by atomic mass is 10.1. The predicted molar refractivity (Wildman–Crippen MR) is 73.8 cm³/mol. The molecule has 1 fully saturated rings. The SMILES string of the molecule is Nc1nc(N)c(C(=O)NC[C@@H]2CCCCN2)nc1Cl. The van der Waals surface area contributed by atoms with Crippen LogP contribution in [0.1, 0.15) is 29.8 Å². The van der Waals surface area contributed by atoms with Gasteiger partial charge < -0.3 is 22.1 Å². The first-order valence-electron chi connectivity index (χ1n) is 6.18. The smallest absolute Gasteiger partial charge is 0.273 e. The van der Waals surface area contributed by atoms with Gasteiger partial charge in [0.25, 0.3) is 5.91 Å². The summed E-state index contributed by atoms with van der Waals surface area (Å²) in [5, 5.41) is 6.09. The third-order valence-electron chi connectivity index (χ3n) is 3.04. The summed E-state index contributed by atoms with van der Waals surface area (Å²) >= 11 is 5.73. The minimum absolute atomic E-state index is 0.00927. The number of nitrogens with two attached hydrogens (primary N) is 2. The number of carbonyl (C=O) groups excluding carboxylic acids is 1. The van der Waals surface area contributed by atoms with Crippen LogP contribution in [0.2, 0.25) is 5.15 Å². The van der Waals surface area contributed by atoms with E-state index in [4.69, 9.17) is 23.1 Å². The number of halogens is 1. The summed E-state index contributed by atoms with van der Waals surface area (Å²) in [6.45, 7) is 1.51. The second-order valence-corrected chi connectivity index (χ2v) is 4.85. The van der Waals surface area contributed by atoms with Gasteiger partial charge in [0.15, 0.2) is 22.5 Å². The van der Waals surface area contributed by atoms with Gasteiger partial charge in [0.2, 0.25) is 0 Å². The van der Waals surface area contributed by atoms with Gasteiger partial charge in [0.1, 0.15) is 0 Å². The Hall–Kier alpha value is -1.60. The maximum absolute atomic E-state index is 12.0. The molecule has 1 saturated heterocycles. The monoisotopic (exact) mass is 284 g/mol. The van der Waals surface area contributed by atoms with Crippen LogP contribution >= 0.6 is 11.6 Å². The standard InChI is InChI=1S/C11H17ClN6O/c12-8-10(14)18-9(13)7(17-8)11(19)16-5-6-3-1-2-4-15-6/h6,15H,1-5H2,(H,16,19)(H4,13,14,18)/t6-/m0/s1. The van der Waals surface area contributed by atoms with Gasteiger partial charge in [-0.2, -0.15) is 0 Å². The molecular weight excluding hydrogens is 268 g/mol. The molecule has 1 atom stereocenters. The molecule has 19 heavy (non-hydrogen) atoms. The number of nitrogens with zero attached hydrogens (tertiary/aromatic N) is 2. The van der Waals surface area contributed by atoms with E-state index in [1.54, 1.807) is 0 Å². The molecule has 0 unspecified atom stereocenters. The number of anilines is 2. The summed E-state index contributed by atoms with van der Waals surface area (Å²) in [6.07, 6.45) is 3.39. The lowest BCUT2D eigenvalue weighted by molar-refractivity contribution is 0.0943. The van der Waals surface area contributed by atoms with Crippen molar-refractivity contribution in [3.63, 3.8) is 0 Å². The van der Waals surface area contributed by atoms with Crippen LogP contribution in [0.15, 0.2) is 0 Å². The fourth-order valence-electron chi connectivity index (χ4n) is 2.01. The molecule has 1 aliphatic rings. The number of hydrogen-bond donors (Lipinski definition) is 4. The van der Waals surface area contributed by atoms with E-state index in [0.29, 0.717) is 6.54 Å². The van der Waals surface area contributed by atoms with Crippen LogP contribution in [-0.2, 0) is 0 Å². The van der Waals surface area contributed by atoms with Crippen LogP contribution in [-0.4, -0.2) is 35.0 Å². The topological polar surface area (TPSA) is 119 Å². The number of nitrogen functional groups attached to an aromatic ring is 2. The molecule has 2 heterocycles. The Morgan fingerprint density at radius 2 is 2.16 bits per heavy atom. The van der Waals surface area contributed by atoms with Crippen LogP contribution in [0.4, 0.5) is 11.6 Å². The Morgan fingerprint density at radius 3 is 2.84 bits per heavy atom. The average molecular weight is 285 g/mol. The van der Waals surface area contributed by atoms with Crippen molar-refractivity contribution in [3.8, 4) is 0 Å². The minimum atomic E-state index is -0.390. The van der Waals surface area contributed by atoms with E-state index < -0.39 is 0 Å². The Balaban J connectivity index is 1.97. The quantitative estimate of drug-likeness (QED) is 0.628. The lowest BCUT2D eigenvalue weighted by Crippen LogP contribution is -2.43. The van der Waals surface area contributed by atoms with Gasteiger partial charge in [-0.1, -0.05) is 18.0 Å². The molecule has 0 aromatic carbocycles. The van der Waals surface area contributed by atoms with Gasteiger partial charge >= 0.3 is 0 Å². The number of nitrogens with one attached hydrogen (secondary N) is 2. The van der Waals surface area contributed by atoms with Crippen molar-refractivity contribution in [2.75, 3.05) is 24.6 Å². The molecule has 1 aromatic heterocycles. The molecule has 1 aromatic rings. The molecule has 104 valence electrons. The molecule has 7 nitrogen and oxygen atoms in total. The highest BCUT2D eigenvalue weighted by molar-refractivity contribution is 6.31. The van der Waals surface area contributed by atoms with E-state index in [-0.39, 0.29) is 34.4 Å². The normalized spacial score (nSPS) is 19.1. The van der Waals surface area contributed by atoms with E-state index in [9.17, 15) is 4.79 Å². The van der Waals surface area contributed by atoms with Crippen LogP contribution in [0.3, 0.4) is 0 Å². The Morgan fingerprint density at radius 1 is 1.37 bits per heavy atom. The molecule has 0 aliphatic carbocycles. The largest absolute Gasteiger partial charge is 0.382 e. The highest BCUT2D eigenvalue weighted by Crippen LogP contribution is 2.17. The van der Waals surface area contributed by atoms with Crippen LogP contribution in [0.5, 0.6) is 0 Å². The fourth-order valence-corrected chi connectivity index (χ4v) is 2.13. The van der Waals surface area contributed by atoms with Crippen LogP contribution < -0.4 is 22.1 Å². The van der Waals surface area contributed by atoms with Crippen molar-refractivity contribution in [1.82, 2.24) is 20.6 Å². The number of aromatic nitrogens is 2. The number of carbonyl (C=O) groups is 1. The van der Waals surface area contributed by atoms with E-state index >= 15 is 0 Å². The van der Waals surface area contributed by atoms with Crippen molar-refractivity contribution < 1.29 is 4.79 Å². The van der Waals surface area contributed by atoms with Crippen LogP contribution in [0.25, 0.3) is 0 Å². The number of rotatable bonds is 3. The predicted octanol–water partition coefficient (Wildman–Crippen LogP) is 0.166. The van der Waals surface area contributed by atoms with Crippen molar-refractivity contribution in [1.29, 1.82) is 0 Å². The summed E-state index contributed by atoms with van der Waals surface area (Å²) in [6, 6.07) is 0.288. The summed E-state index contributed by atoms with van der Waals surface area (Å²) in [5.74, 6) is -0.389. The first-order valence-corrected chi connectivity index (χ1v) is 6.56. The number of piperidine rings is 1. The summed E-state index contributed by atoms with van der Waals surface area (Å²) in [4.78, 5) is 19.6. The molecule has 2 rings (SSSR count). The first kappa shape index (κ1) is 13.8. The molecule has 0 saturated carbocycles. The van der Waals surface area contributed by atoms with Gasteiger partial charge in [-0.3, -0.25) is 4.79 Å². The zero-order valence-corrected chi connectivity index (χ0v) is 11.2. The van der Waals surface area contributed by atoms with Crippen LogP contribution in [0, 0.1) is 0 Å². The number of amides is 1. The van der Waals surface area contributed by atoms with Gasteiger partial charge in [0, 0.05) is 12.6 Å². The molecule has 1 aliphatic heterocycles. The molecular formula is C11H17ClN6O. The maximum Gasteiger partial charge on any atom is 0.273 e. The fraction of sp³-hybridized carbons (Fsp3) is 0.545. The second kappa shape index (κ2) is 6.03. The zero-order chi connectivity index (χ0) is 13.8. The third-order valence-corrected chi connectivity index (χ3v) is 3.32. The van der Waals surface area contributed by atoms with Crippen molar-refractivity contribution >= 4 is 29.1 Å². The van der Waals surface area contributed by atoms with Gasteiger partial charge in [-0.25, -0.2) is 9.97 Å². The van der Waals surface area contributed by atoms with Crippen molar-refractivity contribution in [3.05, 3.63) is 10.8 Å². The van der Waals surface area contributed by atoms with Crippen molar-refractivity contribution in [2.45, 2.75) is 25.3 Å². The zero-order valence-electron chi connectivity index (χ0n) is 10.4. The van der Waals surface area contributed by atoms with Gasteiger partial charge in [-0.15, -0.1) is 0 Å².